The maximum absolute atomic E-state index is 12.7. The molecule has 0 radical (unpaired) electrons. The topological polar surface area (TPSA) is 51.7 Å². The summed E-state index contributed by atoms with van der Waals surface area (Å²) in [6.45, 7) is 5.59. The second kappa shape index (κ2) is 7.01. The summed E-state index contributed by atoms with van der Waals surface area (Å²) in [5.41, 5.74) is 3.66. The van der Waals surface area contributed by atoms with E-state index >= 15 is 0 Å². The molecule has 0 bridgehead atoms. The quantitative estimate of drug-likeness (QED) is 0.870. The molecule has 5 nitrogen and oxygen atoms in total. The van der Waals surface area contributed by atoms with E-state index in [0.717, 1.165) is 22.4 Å². The van der Waals surface area contributed by atoms with Crippen LogP contribution < -0.4 is 4.74 Å². The van der Waals surface area contributed by atoms with Crippen LogP contribution in [0.1, 0.15) is 33.3 Å². The second-order valence-corrected chi connectivity index (χ2v) is 6.04. The predicted molar refractivity (Wildman–Crippen MR) is 91.3 cm³/mol. The zero-order valence-electron chi connectivity index (χ0n) is 14.3. The molecule has 1 amide bonds. The predicted octanol–water partition coefficient (Wildman–Crippen LogP) is 2.92. The lowest BCUT2D eigenvalue weighted by atomic mass is 10.1. The van der Waals surface area contributed by atoms with E-state index in [1.807, 2.05) is 49.1 Å². The fourth-order valence-corrected chi connectivity index (χ4v) is 2.78. The van der Waals surface area contributed by atoms with Crippen LogP contribution >= 0.6 is 0 Å². The monoisotopic (exact) mass is 326 g/mol. The van der Waals surface area contributed by atoms with Gasteiger partial charge in [-0.05, 0) is 48.7 Å². The Hall–Kier alpha value is -2.40. The van der Waals surface area contributed by atoms with Crippen LogP contribution in [-0.2, 0) is 4.74 Å². The van der Waals surface area contributed by atoms with Crippen LogP contribution in [0.5, 0.6) is 5.75 Å². The van der Waals surface area contributed by atoms with Crippen molar-refractivity contribution in [2.24, 2.45) is 0 Å². The van der Waals surface area contributed by atoms with Gasteiger partial charge in [-0.2, -0.15) is 0 Å². The van der Waals surface area contributed by atoms with Crippen molar-refractivity contribution in [2.45, 2.75) is 20.0 Å². The summed E-state index contributed by atoms with van der Waals surface area (Å²) in [6, 6.07) is 9.63. The number of hydrogen-bond acceptors (Lipinski definition) is 4. The van der Waals surface area contributed by atoms with E-state index in [1.165, 1.54) is 0 Å². The number of nitrogens with zero attached hydrogens (tertiary/aromatic N) is 2. The van der Waals surface area contributed by atoms with Gasteiger partial charge in [0.2, 0.25) is 0 Å². The average molecular weight is 326 g/mol. The van der Waals surface area contributed by atoms with E-state index in [0.29, 0.717) is 25.4 Å². The maximum atomic E-state index is 12.7. The molecule has 0 aliphatic carbocycles. The van der Waals surface area contributed by atoms with E-state index < -0.39 is 0 Å². The molecule has 2 aromatic rings. The largest absolute Gasteiger partial charge is 0.497 e. The fourth-order valence-electron chi connectivity index (χ4n) is 2.78. The Bertz CT molecular complexity index is 745. The molecule has 1 saturated heterocycles. The zero-order valence-corrected chi connectivity index (χ0v) is 14.3. The number of pyridine rings is 1. The van der Waals surface area contributed by atoms with Crippen molar-refractivity contribution in [1.29, 1.82) is 0 Å². The molecule has 126 valence electrons. The van der Waals surface area contributed by atoms with Crippen molar-refractivity contribution >= 4 is 5.91 Å². The summed E-state index contributed by atoms with van der Waals surface area (Å²) in [6.07, 6.45) is 1.60. The SMILES string of the molecule is COc1cccc(C2CN(C(=O)c3cc(C)c(C)cn3)CCO2)c1. The number of ether oxygens (including phenoxy) is 2. The summed E-state index contributed by atoms with van der Waals surface area (Å²) in [5, 5.41) is 0. The number of rotatable bonds is 3. The Balaban J connectivity index is 1.77. The molecule has 3 rings (SSSR count). The first-order chi connectivity index (χ1) is 11.6. The minimum Gasteiger partial charge on any atom is -0.497 e. The van der Waals surface area contributed by atoms with Crippen LogP contribution in [-0.4, -0.2) is 42.6 Å². The molecule has 1 aromatic carbocycles. The highest BCUT2D eigenvalue weighted by Gasteiger charge is 2.27. The van der Waals surface area contributed by atoms with Crippen molar-refractivity contribution in [1.82, 2.24) is 9.88 Å². The van der Waals surface area contributed by atoms with Gasteiger partial charge in [0.05, 0.1) is 20.3 Å². The van der Waals surface area contributed by atoms with E-state index in [9.17, 15) is 4.79 Å². The number of carbonyl (C=O) groups excluding carboxylic acids is 1. The first-order valence-electron chi connectivity index (χ1n) is 8.06. The van der Waals surface area contributed by atoms with Crippen LogP contribution in [0.3, 0.4) is 0 Å². The van der Waals surface area contributed by atoms with Gasteiger partial charge in [0, 0.05) is 12.7 Å². The maximum Gasteiger partial charge on any atom is 0.272 e. The molecular formula is C19H22N2O3. The Kier molecular flexibility index (Phi) is 4.81. The first-order valence-corrected chi connectivity index (χ1v) is 8.06. The van der Waals surface area contributed by atoms with Gasteiger partial charge in [0.1, 0.15) is 17.5 Å². The zero-order chi connectivity index (χ0) is 17.1. The number of aryl methyl sites for hydroxylation is 2. The lowest BCUT2D eigenvalue weighted by Gasteiger charge is -2.33. The van der Waals surface area contributed by atoms with Crippen molar-refractivity contribution in [2.75, 3.05) is 26.8 Å². The summed E-state index contributed by atoms with van der Waals surface area (Å²) in [7, 11) is 1.64. The number of carbonyl (C=O) groups is 1. The minimum absolute atomic E-state index is 0.0469. The second-order valence-electron chi connectivity index (χ2n) is 6.04. The third-order valence-electron chi connectivity index (χ3n) is 4.41. The molecule has 0 N–H and O–H groups in total. The Morgan fingerprint density at radius 2 is 2.12 bits per heavy atom. The third-order valence-corrected chi connectivity index (χ3v) is 4.41. The summed E-state index contributed by atoms with van der Waals surface area (Å²) >= 11 is 0. The van der Waals surface area contributed by atoms with Crippen molar-refractivity contribution in [3.63, 3.8) is 0 Å². The van der Waals surface area contributed by atoms with Crippen LogP contribution in [0, 0.1) is 13.8 Å². The van der Waals surface area contributed by atoms with Gasteiger partial charge in [-0.3, -0.25) is 9.78 Å². The summed E-state index contributed by atoms with van der Waals surface area (Å²) in [4.78, 5) is 18.8. The molecule has 1 unspecified atom stereocenters. The molecule has 24 heavy (non-hydrogen) atoms. The normalized spacial score (nSPS) is 17.6. The van der Waals surface area contributed by atoms with Crippen LogP contribution in [0.15, 0.2) is 36.5 Å². The smallest absolute Gasteiger partial charge is 0.272 e. The number of morpholine rings is 1. The van der Waals surface area contributed by atoms with Gasteiger partial charge in [-0.25, -0.2) is 0 Å². The minimum atomic E-state index is -0.149. The van der Waals surface area contributed by atoms with Gasteiger partial charge in [-0.15, -0.1) is 0 Å². The standard InChI is InChI=1S/C19H22N2O3/c1-13-9-17(20-11-14(13)2)19(22)21-7-8-24-18(12-21)15-5-4-6-16(10-15)23-3/h4-6,9-11,18H,7-8,12H2,1-3H3. The van der Waals surface area contributed by atoms with E-state index in [-0.39, 0.29) is 12.0 Å². The highest BCUT2D eigenvalue weighted by atomic mass is 16.5. The van der Waals surface area contributed by atoms with Gasteiger partial charge in [-0.1, -0.05) is 12.1 Å². The third kappa shape index (κ3) is 3.41. The number of benzene rings is 1. The van der Waals surface area contributed by atoms with Gasteiger partial charge < -0.3 is 14.4 Å². The van der Waals surface area contributed by atoms with E-state index in [4.69, 9.17) is 9.47 Å². The summed E-state index contributed by atoms with van der Waals surface area (Å²) in [5.74, 6) is 0.740. The number of methoxy groups -OCH3 is 1. The van der Waals surface area contributed by atoms with E-state index in [2.05, 4.69) is 4.98 Å². The van der Waals surface area contributed by atoms with Gasteiger partial charge >= 0.3 is 0 Å². The van der Waals surface area contributed by atoms with Gasteiger partial charge in [0.15, 0.2) is 0 Å². The molecule has 0 spiro atoms. The number of aromatic nitrogens is 1. The van der Waals surface area contributed by atoms with Gasteiger partial charge in [0.25, 0.3) is 5.91 Å². The molecule has 5 heteroatoms. The Morgan fingerprint density at radius 1 is 1.29 bits per heavy atom. The Morgan fingerprint density at radius 3 is 2.88 bits per heavy atom. The van der Waals surface area contributed by atoms with Crippen molar-refractivity contribution in [3.05, 3.63) is 58.9 Å². The Labute approximate surface area is 142 Å². The fraction of sp³-hybridized carbons (Fsp3) is 0.368. The number of hydrogen-bond donors (Lipinski definition) is 0. The molecular weight excluding hydrogens is 304 g/mol. The molecule has 1 atom stereocenters. The van der Waals surface area contributed by atoms with Crippen molar-refractivity contribution in [3.8, 4) is 5.75 Å². The lowest BCUT2D eigenvalue weighted by molar-refractivity contribution is -0.0230. The molecule has 2 heterocycles. The highest BCUT2D eigenvalue weighted by Crippen LogP contribution is 2.26. The lowest BCUT2D eigenvalue weighted by Crippen LogP contribution is -2.42. The molecule has 1 aliphatic rings. The van der Waals surface area contributed by atoms with Crippen LogP contribution in [0.4, 0.5) is 0 Å². The van der Waals surface area contributed by atoms with Crippen LogP contribution in [0.25, 0.3) is 0 Å². The number of amides is 1. The molecule has 1 fully saturated rings. The molecule has 1 aromatic heterocycles. The summed E-state index contributed by atoms with van der Waals surface area (Å²) < 4.78 is 11.1. The van der Waals surface area contributed by atoms with Crippen molar-refractivity contribution < 1.29 is 14.3 Å². The highest BCUT2D eigenvalue weighted by molar-refractivity contribution is 5.92. The van der Waals surface area contributed by atoms with Crippen LogP contribution in [0.2, 0.25) is 0 Å². The van der Waals surface area contributed by atoms with E-state index in [1.54, 1.807) is 13.3 Å². The molecule has 0 saturated carbocycles. The molecule has 1 aliphatic heterocycles. The average Bonchev–Trinajstić information content (AvgIpc) is 2.63. The first kappa shape index (κ1) is 16.5.